The van der Waals surface area contributed by atoms with Crippen LogP contribution in [0.25, 0.3) is 0 Å². The van der Waals surface area contributed by atoms with E-state index in [-0.39, 0.29) is 0 Å². The molecule has 0 aromatic heterocycles. The highest BCUT2D eigenvalue weighted by atomic mass is 15.0. The SMILES string of the molecule is CCC1CCC(NC2CCC(C)c3ccccc32)C1C. The summed E-state index contributed by atoms with van der Waals surface area (Å²) in [7, 11) is 0. The van der Waals surface area contributed by atoms with Gasteiger partial charge in [-0.15, -0.1) is 0 Å². The molecule has 1 nitrogen and oxygen atoms in total. The zero-order chi connectivity index (χ0) is 14.1. The molecule has 20 heavy (non-hydrogen) atoms. The standard InChI is InChI=1S/C19H29N/c1-4-15-10-12-18(14(15)3)20-19-11-9-13(2)16-7-5-6-8-17(16)19/h5-8,13-15,18-20H,4,9-12H2,1-3H3. The normalized spacial score (nSPS) is 36.9. The van der Waals surface area contributed by atoms with E-state index in [2.05, 4.69) is 50.4 Å². The van der Waals surface area contributed by atoms with Gasteiger partial charge in [0.2, 0.25) is 0 Å². The molecule has 1 aromatic carbocycles. The van der Waals surface area contributed by atoms with Crippen molar-refractivity contribution >= 4 is 0 Å². The van der Waals surface area contributed by atoms with E-state index in [9.17, 15) is 0 Å². The molecule has 5 atom stereocenters. The molecule has 0 bridgehead atoms. The molecular weight excluding hydrogens is 242 g/mol. The van der Waals surface area contributed by atoms with Crippen LogP contribution in [0.3, 0.4) is 0 Å². The number of rotatable bonds is 3. The molecule has 1 heteroatoms. The Labute approximate surface area is 124 Å². The fourth-order valence-corrected chi connectivity index (χ4v) is 4.50. The fourth-order valence-electron chi connectivity index (χ4n) is 4.50. The van der Waals surface area contributed by atoms with Gasteiger partial charge < -0.3 is 5.32 Å². The van der Waals surface area contributed by atoms with Crippen LogP contribution in [0.2, 0.25) is 0 Å². The summed E-state index contributed by atoms with van der Waals surface area (Å²) in [5, 5.41) is 4.01. The van der Waals surface area contributed by atoms with Crippen LogP contribution < -0.4 is 5.32 Å². The van der Waals surface area contributed by atoms with Crippen molar-refractivity contribution in [3.63, 3.8) is 0 Å². The molecule has 2 aliphatic rings. The molecule has 0 saturated heterocycles. The average molecular weight is 271 g/mol. The minimum Gasteiger partial charge on any atom is -0.307 e. The number of hydrogen-bond donors (Lipinski definition) is 1. The smallest absolute Gasteiger partial charge is 0.0325 e. The van der Waals surface area contributed by atoms with Crippen molar-refractivity contribution in [1.82, 2.24) is 5.32 Å². The monoisotopic (exact) mass is 271 g/mol. The molecule has 0 heterocycles. The van der Waals surface area contributed by atoms with Gasteiger partial charge in [0.25, 0.3) is 0 Å². The van der Waals surface area contributed by atoms with Crippen molar-refractivity contribution in [3.05, 3.63) is 35.4 Å². The van der Waals surface area contributed by atoms with Crippen LogP contribution in [0.4, 0.5) is 0 Å². The summed E-state index contributed by atoms with van der Waals surface area (Å²) < 4.78 is 0. The first-order valence-corrected chi connectivity index (χ1v) is 8.55. The molecule has 2 aliphatic carbocycles. The number of fused-ring (bicyclic) bond motifs is 1. The highest BCUT2D eigenvalue weighted by Gasteiger charge is 2.34. The van der Waals surface area contributed by atoms with Crippen LogP contribution in [0.15, 0.2) is 24.3 Å². The molecule has 1 saturated carbocycles. The summed E-state index contributed by atoms with van der Waals surface area (Å²) in [6, 6.07) is 10.4. The minimum absolute atomic E-state index is 0.588. The van der Waals surface area contributed by atoms with Crippen LogP contribution in [-0.4, -0.2) is 6.04 Å². The van der Waals surface area contributed by atoms with Crippen LogP contribution in [0, 0.1) is 11.8 Å². The number of benzene rings is 1. The Balaban J connectivity index is 1.75. The van der Waals surface area contributed by atoms with Crippen molar-refractivity contribution in [2.45, 2.75) is 70.9 Å². The van der Waals surface area contributed by atoms with E-state index >= 15 is 0 Å². The molecule has 0 aliphatic heterocycles. The van der Waals surface area contributed by atoms with Crippen LogP contribution >= 0.6 is 0 Å². The van der Waals surface area contributed by atoms with Crippen molar-refractivity contribution < 1.29 is 0 Å². The quantitative estimate of drug-likeness (QED) is 0.812. The van der Waals surface area contributed by atoms with Crippen molar-refractivity contribution in [3.8, 4) is 0 Å². The van der Waals surface area contributed by atoms with Gasteiger partial charge in [-0.1, -0.05) is 51.5 Å². The van der Waals surface area contributed by atoms with Gasteiger partial charge in [-0.05, 0) is 54.6 Å². The summed E-state index contributed by atoms with van der Waals surface area (Å²) in [4.78, 5) is 0. The third-order valence-corrected chi connectivity index (χ3v) is 5.96. The van der Waals surface area contributed by atoms with E-state index in [0.717, 1.165) is 23.8 Å². The predicted molar refractivity (Wildman–Crippen MR) is 85.9 cm³/mol. The lowest BCUT2D eigenvalue weighted by Crippen LogP contribution is -2.37. The maximum absolute atomic E-state index is 4.01. The van der Waals surface area contributed by atoms with Crippen molar-refractivity contribution in [1.29, 1.82) is 0 Å². The lowest BCUT2D eigenvalue weighted by atomic mass is 9.80. The second-order valence-electron chi connectivity index (χ2n) is 7.04. The van der Waals surface area contributed by atoms with Gasteiger partial charge >= 0.3 is 0 Å². The predicted octanol–water partition coefficient (Wildman–Crippen LogP) is 5.04. The summed E-state index contributed by atoms with van der Waals surface area (Å²) in [6.07, 6.45) is 6.76. The maximum atomic E-state index is 4.01. The Morgan fingerprint density at radius 2 is 1.75 bits per heavy atom. The molecular formula is C19H29N. The summed E-state index contributed by atoms with van der Waals surface area (Å²) in [6.45, 7) is 7.18. The van der Waals surface area contributed by atoms with Crippen LogP contribution in [-0.2, 0) is 0 Å². The highest BCUT2D eigenvalue weighted by molar-refractivity contribution is 5.35. The van der Waals surface area contributed by atoms with E-state index in [1.165, 1.54) is 32.1 Å². The van der Waals surface area contributed by atoms with Gasteiger partial charge in [-0.25, -0.2) is 0 Å². The van der Waals surface area contributed by atoms with Gasteiger partial charge in [0.05, 0.1) is 0 Å². The largest absolute Gasteiger partial charge is 0.307 e. The Hall–Kier alpha value is -0.820. The van der Waals surface area contributed by atoms with Gasteiger partial charge in [0.1, 0.15) is 0 Å². The van der Waals surface area contributed by atoms with Crippen LogP contribution in [0.1, 0.15) is 76.0 Å². The van der Waals surface area contributed by atoms with E-state index in [0.29, 0.717) is 6.04 Å². The molecule has 1 aromatic rings. The molecule has 0 radical (unpaired) electrons. The molecule has 5 unspecified atom stereocenters. The zero-order valence-corrected chi connectivity index (χ0v) is 13.2. The molecule has 3 rings (SSSR count). The zero-order valence-electron chi connectivity index (χ0n) is 13.2. The molecule has 1 fully saturated rings. The molecule has 110 valence electrons. The van der Waals surface area contributed by atoms with E-state index in [1.54, 1.807) is 11.1 Å². The lowest BCUT2D eigenvalue weighted by molar-refractivity contribution is 0.304. The Kier molecular flexibility index (Phi) is 4.16. The Bertz CT molecular complexity index is 453. The second-order valence-corrected chi connectivity index (χ2v) is 7.04. The fraction of sp³-hybridized carbons (Fsp3) is 0.684. The Morgan fingerprint density at radius 3 is 2.45 bits per heavy atom. The lowest BCUT2D eigenvalue weighted by Gasteiger charge is -2.34. The van der Waals surface area contributed by atoms with Gasteiger partial charge in [0.15, 0.2) is 0 Å². The van der Waals surface area contributed by atoms with Crippen molar-refractivity contribution in [2.24, 2.45) is 11.8 Å². The van der Waals surface area contributed by atoms with E-state index < -0.39 is 0 Å². The van der Waals surface area contributed by atoms with Crippen molar-refractivity contribution in [2.75, 3.05) is 0 Å². The molecule has 0 amide bonds. The topological polar surface area (TPSA) is 12.0 Å². The maximum Gasteiger partial charge on any atom is 0.0325 e. The second kappa shape index (κ2) is 5.89. The third-order valence-electron chi connectivity index (χ3n) is 5.96. The minimum atomic E-state index is 0.588. The first kappa shape index (κ1) is 14.1. The first-order valence-electron chi connectivity index (χ1n) is 8.55. The Morgan fingerprint density at radius 1 is 1.00 bits per heavy atom. The summed E-state index contributed by atoms with van der Waals surface area (Å²) in [5.74, 6) is 2.51. The third kappa shape index (κ3) is 2.53. The molecule has 0 spiro atoms. The number of hydrogen-bond acceptors (Lipinski definition) is 1. The van der Waals surface area contributed by atoms with Gasteiger partial charge in [0, 0.05) is 12.1 Å². The summed E-state index contributed by atoms with van der Waals surface area (Å²) >= 11 is 0. The average Bonchev–Trinajstić information content (AvgIpc) is 2.83. The highest BCUT2D eigenvalue weighted by Crippen LogP contribution is 2.40. The van der Waals surface area contributed by atoms with Crippen LogP contribution in [0.5, 0.6) is 0 Å². The molecule has 1 N–H and O–H groups in total. The van der Waals surface area contributed by atoms with Gasteiger partial charge in [-0.3, -0.25) is 0 Å². The summed E-state index contributed by atoms with van der Waals surface area (Å²) in [5.41, 5.74) is 3.15. The van der Waals surface area contributed by atoms with Gasteiger partial charge in [-0.2, -0.15) is 0 Å². The van der Waals surface area contributed by atoms with E-state index in [1.807, 2.05) is 0 Å². The number of nitrogens with one attached hydrogen (secondary N) is 1. The van der Waals surface area contributed by atoms with E-state index in [4.69, 9.17) is 0 Å². The first-order chi connectivity index (χ1) is 9.70.